The first-order chi connectivity index (χ1) is 10.9. The maximum absolute atomic E-state index is 12.5. The van der Waals surface area contributed by atoms with Crippen molar-refractivity contribution in [3.05, 3.63) is 58.1 Å². The number of ether oxygens (including phenoxy) is 1. The number of methoxy groups -OCH3 is 1. The number of hydrogen-bond acceptors (Lipinski definition) is 4. The van der Waals surface area contributed by atoms with Crippen molar-refractivity contribution in [2.45, 2.75) is 12.0 Å². The second-order valence-corrected chi connectivity index (χ2v) is 6.25. The number of benzene rings is 2. The van der Waals surface area contributed by atoms with Gasteiger partial charge in [-0.05, 0) is 30.3 Å². The molecule has 0 fully saturated rings. The smallest absolute Gasteiger partial charge is 0.261 e. The summed E-state index contributed by atoms with van der Waals surface area (Å²) in [6.07, 6.45) is -0.338. The molecule has 0 aromatic heterocycles. The Morgan fingerprint density at radius 3 is 2.78 bits per heavy atom. The summed E-state index contributed by atoms with van der Waals surface area (Å²) in [7, 11) is 1.50. The van der Waals surface area contributed by atoms with Gasteiger partial charge < -0.3 is 15.2 Å². The third-order valence-electron chi connectivity index (χ3n) is 3.86. The van der Waals surface area contributed by atoms with E-state index in [2.05, 4.69) is 21.2 Å². The van der Waals surface area contributed by atoms with Gasteiger partial charge in [-0.1, -0.05) is 28.1 Å². The number of aliphatic hydroxyl groups is 1. The second-order valence-electron chi connectivity index (χ2n) is 5.34. The van der Waals surface area contributed by atoms with Crippen LogP contribution < -0.4 is 10.1 Å². The zero-order valence-electron chi connectivity index (χ0n) is 12.3. The number of rotatable bonds is 4. The number of carbonyl (C=O) groups excluding carboxylic acids is 2. The number of carbonyl (C=O) groups is 2. The average molecular weight is 376 g/mol. The molecule has 1 atom stereocenters. The predicted molar refractivity (Wildman–Crippen MR) is 88.6 cm³/mol. The molecule has 3 rings (SSSR count). The van der Waals surface area contributed by atoms with Gasteiger partial charge in [0.1, 0.15) is 5.75 Å². The first-order valence-corrected chi connectivity index (χ1v) is 7.74. The summed E-state index contributed by atoms with van der Waals surface area (Å²) in [4.78, 5) is 24.7. The van der Waals surface area contributed by atoms with Crippen LogP contribution >= 0.6 is 15.9 Å². The number of hydrogen-bond donors (Lipinski definition) is 2. The minimum absolute atomic E-state index is 0.320. The van der Waals surface area contributed by atoms with Gasteiger partial charge in [0.2, 0.25) is 0 Å². The molecule has 2 aromatic carbocycles. The Bertz CT molecular complexity index is 805. The molecule has 0 aliphatic carbocycles. The van der Waals surface area contributed by atoms with Crippen molar-refractivity contribution in [2.24, 2.45) is 0 Å². The van der Waals surface area contributed by atoms with E-state index in [4.69, 9.17) is 4.74 Å². The molecule has 1 aliphatic rings. The van der Waals surface area contributed by atoms with E-state index in [0.717, 1.165) is 4.47 Å². The Morgan fingerprint density at radius 1 is 1.30 bits per heavy atom. The van der Waals surface area contributed by atoms with Crippen molar-refractivity contribution < 1.29 is 19.4 Å². The summed E-state index contributed by atoms with van der Waals surface area (Å²) in [6.45, 7) is 0. The molecule has 2 aromatic rings. The molecule has 1 heterocycles. The van der Waals surface area contributed by atoms with E-state index in [9.17, 15) is 14.7 Å². The van der Waals surface area contributed by atoms with Gasteiger partial charge in [0.15, 0.2) is 11.4 Å². The van der Waals surface area contributed by atoms with Crippen molar-refractivity contribution in [3.8, 4) is 5.75 Å². The van der Waals surface area contributed by atoms with E-state index >= 15 is 0 Å². The number of anilines is 1. The largest absolute Gasteiger partial charge is 0.497 e. The van der Waals surface area contributed by atoms with E-state index < -0.39 is 11.5 Å². The van der Waals surface area contributed by atoms with E-state index in [1.807, 2.05) is 0 Å². The fourth-order valence-corrected chi connectivity index (χ4v) is 3.02. The molecule has 0 bridgehead atoms. The maximum atomic E-state index is 12.5. The quantitative estimate of drug-likeness (QED) is 0.805. The Hall–Kier alpha value is -2.18. The van der Waals surface area contributed by atoms with Crippen LogP contribution in [-0.2, 0) is 10.4 Å². The van der Waals surface area contributed by atoms with Crippen LogP contribution in [0, 0.1) is 0 Å². The molecule has 118 valence electrons. The lowest BCUT2D eigenvalue weighted by Gasteiger charge is -2.20. The summed E-state index contributed by atoms with van der Waals surface area (Å²) >= 11 is 3.30. The van der Waals surface area contributed by atoms with Crippen molar-refractivity contribution >= 4 is 33.3 Å². The Balaban J connectivity index is 1.96. The zero-order valence-corrected chi connectivity index (χ0v) is 13.9. The van der Waals surface area contributed by atoms with Crippen LogP contribution in [0.4, 0.5) is 5.69 Å². The minimum Gasteiger partial charge on any atom is -0.497 e. The van der Waals surface area contributed by atoms with Crippen LogP contribution in [0.1, 0.15) is 22.3 Å². The minimum atomic E-state index is -1.90. The first kappa shape index (κ1) is 15.7. The molecule has 0 radical (unpaired) electrons. The molecule has 6 heteroatoms. The van der Waals surface area contributed by atoms with E-state index in [-0.39, 0.29) is 12.2 Å². The normalized spacial score (nSPS) is 19.2. The van der Waals surface area contributed by atoms with Crippen molar-refractivity contribution in [2.75, 3.05) is 12.4 Å². The number of fused-ring (bicyclic) bond motifs is 1. The summed E-state index contributed by atoms with van der Waals surface area (Å²) < 4.78 is 5.89. The van der Waals surface area contributed by atoms with Crippen molar-refractivity contribution in [1.82, 2.24) is 0 Å². The average Bonchev–Trinajstić information content (AvgIpc) is 2.78. The zero-order chi connectivity index (χ0) is 16.6. The molecule has 23 heavy (non-hydrogen) atoms. The Morgan fingerprint density at radius 2 is 2.09 bits per heavy atom. The van der Waals surface area contributed by atoms with Crippen molar-refractivity contribution in [1.29, 1.82) is 0 Å². The fourth-order valence-electron chi connectivity index (χ4n) is 2.62. The maximum Gasteiger partial charge on any atom is 0.261 e. The van der Waals surface area contributed by atoms with Gasteiger partial charge in [0.25, 0.3) is 5.91 Å². The van der Waals surface area contributed by atoms with Crippen LogP contribution in [0.3, 0.4) is 0 Å². The molecule has 5 nitrogen and oxygen atoms in total. The number of nitrogens with one attached hydrogen (secondary N) is 1. The van der Waals surface area contributed by atoms with E-state index in [0.29, 0.717) is 22.6 Å². The molecule has 1 aliphatic heterocycles. The molecule has 1 amide bonds. The second kappa shape index (κ2) is 5.79. The lowest BCUT2D eigenvalue weighted by atomic mass is 9.88. The summed E-state index contributed by atoms with van der Waals surface area (Å²) in [5, 5.41) is 13.4. The molecule has 0 spiro atoms. The SMILES string of the molecule is COc1ccc2c(c1)[C@@](O)(CC(=O)c1cccc(Br)c1)C(=O)N2. The third kappa shape index (κ3) is 2.75. The van der Waals surface area contributed by atoms with E-state index in [1.165, 1.54) is 7.11 Å². The fraction of sp³-hybridized carbons (Fsp3) is 0.176. The van der Waals surface area contributed by atoms with Crippen molar-refractivity contribution in [3.63, 3.8) is 0 Å². The highest BCUT2D eigenvalue weighted by atomic mass is 79.9. The van der Waals surface area contributed by atoms with Crippen LogP contribution in [0.15, 0.2) is 46.9 Å². The van der Waals surface area contributed by atoms with Crippen LogP contribution in [-0.4, -0.2) is 23.9 Å². The van der Waals surface area contributed by atoms with Gasteiger partial charge in [-0.2, -0.15) is 0 Å². The highest BCUT2D eigenvalue weighted by Crippen LogP contribution is 2.40. The van der Waals surface area contributed by atoms with Crippen LogP contribution in [0.25, 0.3) is 0 Å². The van der Waals surface area contributed by atoms with Crippen LogP contribution in [0.5, 0.6) is 5.75 Å². The predicted octanol–water partition coefficient (Wildman–Crippen LogP) is 2.87. The first-order valence-electron chi connectivity index (χ1n) is 6.95. The topological polar surface area (TPSA) is 75.6 Å². The number of Topliss-reactive ketones (excluding diaryl/α,β-unsaturated/α-hetero) is 1. The summed E-state index contributed by atoms with van der Waals surface area (Å²) in [5.74, 6) is -0.419. The molecule has 0 saturated carbocycles. The molecular formula is C17H14BrNO4. The van der Waals surface area contributed by atoms with Gasteiger partial charge in [-0.3, -0.25) is 9.59 Å². The number of amides is 1. The molecule has 0 saturated heterocycles. The van der Waals surface area contributed by atoms with E-state index in [1.54, 1.807) is 42.5 Å². The van der Waals surface area contributed by atoms with Gasteiger partial charge in [-0.15, -0.1) is 0 Å². The lowest BCUT2D eigenvalue weighted by molar-refractivity contribution is -0.133. The molecule has 0 unspecified atom stereocenters. The van der Waals surface area contributed by atoms with Gasteiger partial charge >= 0.3 is 0 Å². The summed E-state index contributed by atoms with van der Waals surface area (Å²) in [5.41, 5.74) is -0.633. The molecular weight excluding hydrogens is 362 g/mol. The number of halogens is 1. The summed E-state index contributed by atoms with van der Waals surface area (Å²) in [6, 6.07) is 11.7. The third-order valence-corrected chi connectivity index (χ3v) is 4.35. The van der Waals surface area contributed by atoms with Gasteiger partial charge in [-0.25, -0.2) is 0 Å². The highest BCUT2D eigenvalue weighted by Gasteiger charge is 2.47. The Labute approximate surface area is 141 Å². The monoisotopic (exact) mass is 375 g/mol. The number of ketones is 1. The molecule has 2 N–H and O–H groups in total. The standard InChI is InChI=1S/C17H14BrNO4/c1-23-12-5-6-14-13(8-12)17(22,16(21)19-14)9-15(20)10-3-2-4-11(18)7-10/h2-8,22H,9H2,1H3,(H,19,21)/t17-/m0/s1. The van der Waals surface area contributed by atoms with Gasteiger partial charge in [0.05, 0.1) is 13.5 Å². The lowest BCUT2D eigenvalue weighted by Crippen LogP contribution is -2.36. The Kier molecular flexibility index (Phi) is 3.95. The van der Waals surface area contributed by atoms with Gasteiger partial charge in [0, 0.05) is 21.3 Å². The van der Waals surface area contributed by atoms with Crippen LogP contribution in [0.2, 0.25) is 0 Å². The highest BCUT2D eigenvalue weighted by molar-refractivity contribution is 9.10.